The lowest BCUT2D eigenvalue weighted by Crippen LogP contribution is -2.14. The minimum absolute atomic E-state index is 0.384. The number of nitrogens with one attached hydrogen (secondary N) is 1. The predicted molar refractivity (Wildman–Crippen MR) is 75.1 cm³/mol. The highest BCUT2D eigenvalue weighted by Gasteiger charge is 2.40. The van der Waals surface area contributed by atoms with Crippen LogP contribution in [0.5, 0.6) is 0 Å². The SMILES string of the molecule is CCC1(CNc2nc3cc(C(F)(F)F)ccc3s2)CC1. The Morgan fingerprint density at radius 3 is 2.70 bits per heavy atom. The number of anilines is 1. The number of alkyl halides is 3. The highest BCUT2D eigenvalue weighted by molar-refractivity contribution is 7.22. The van der Waals surface area contributed by atoms with Gasteiger partial charge in [0.25, 0.3) is 0 Å². The van der Waals surface area contributed by atoms with E-state index in [1.54, 1.807) is 0 Å². The maximum Gasteiger partial charge on any atom is 0.416 e. The van der Waals surface area contributed by atoms with Crippen molar-refractivity contribution >= 4 is 26.7 Å². The van der Waals surface area contributed by atoms with Crippen molar-refractivity contribution in [1.29, 1.82) is 0 Å². The average molecular weight is 300 g/mol. The Morgan fingerprint density at radius 2 is 2.10 bits per heavy atom. The molecular formula is C14H15F3N2S. The molecule has 2 aromatic rings. The summed E-state index contributed by atoms with van der Waals surface area (Å²) in [6.45, 7) is 3.03. The number of aromatic nitrogens is 1. The summed E-state index contributed by atoms with van der Waals surface area (Å²) in [4.78, 5) is 4.26. The first-order valence-electron chi connectivity index (χ1n) is 6.64. The largest absolute Gasteiger partial charge is 0.416 e. The third-order valence-corrected chi connectivity index (χ3v) is 5.03. The van der Waals surface area contributed by atoms with Crippen LogP contribution in [-0.2, 0) is 6.18 Å². The summed E-state index contributed by atoms with van der Waals surface area (Å²) in [5.41, 5.74) is 0.150. The number of benzene rings is 1. The van der Waals surface area contributed by atoms with E-state index in [-0.39, 0.29) is 0 Å². The van der Waals surface area contributed by atoms with Gasteiger partial charge in [-0.25, -0.2) is 4.98 Å². The topological polar surface area (TPSA) is 24.9 Å². The molecule has 2 nitrogen and oxygen atoms in total. The van der Waals surface area contributed by atoms with Crippen LogP contribution in [0.4, 0.5) is 18.3 Å². The monoisotopic (exact) mass is 300 g/mol. The molecule has 0 bridgehead atoms. The van der Waals surface area contributed by atoms with E-state index in [1.165, 1.54) is 30.2 Å². The lowest BCUT2D eigenvalue weighted by Gasteiger charge is -2.11. The number of halogens is 3. The van der Waals surface area contributed by atoms with Crippen molar-refractivity contribution < 1.29 is 13.2 Å². The average Bonchev–Trinajstić information content (AvgIpc) is 3.06. The molecule has 6 heteroatoms. The van der Waals surface area contributed by atoms with E-state index in [0.717, 1.165) is 29.8 Å². The van der Waals surface area contributed by atoms with E-state index >= 15 is 0 Å². The fourth-order valence-electron chi connectivity index (χ4n) is 2.27. The molecule has 0 unspecified atom stereocenters. The van der Waals surface area contributed by atoms with Gasteiger partial charge in [-0.1, -0.05) is 18.3 Å². The summed E-state index contributed by atoms with van der Waals surface area (Å²) in [5, 5.41) is 3.98. The smallest absolute Gasteiger partial charge is 0.361 e. The van der Waals surface area contributed by atoms with E-state index in [9.17, 15) is 13.2 Å². The highest BCUT2D eigenvalue weighted by Crippen LogP contribution is 2.48. The Hall–Kier alpha value is -1.30. The van der Waals surface area contributed by atoms with Crippen LogP contribution in [0.25, 0.3) is 10.2 Å². The molecule has 108 valence electrons. The van der Waals surface area contributed by atoms with Crippen LogP contribution in [0, 0.1) is 5.41 Å². The first kappa shape index (κ1) is 13.7. The third kappa shape index (κ3) is 2.61. The van der Waals surface area contributed by atoms with Crippen molar-refractivity contribution in [1.82, 2.24) is 4.98 Å². The molecular weight excluding hydrogens is 285 g/mol. The molecule has 0 amide bonds. The second-order valence-electron chi connectivity index (χ2n) is 5.41. The van der Waals surface area contributed by atoms with Crippen molar-refractivity contribution in [2.75, 3.05) is 11.9 Å². The standard InChI is InChI=1S/C14H15F3N2S/c1-2-13(5-6-13)8-18-12-19-10-7-9(14(15,16)17)3-4-11(10)20-12/h3-4,7H,2,5-6,8H2,1H3,(H,18,19). The number of hydrogen-bond acceptors (Lipinski definition) is 3. The van der Waals surface area contributed by atoms with E-state index in [0.29, 0.717) is 16.1 Å². The van der Waals surface area contributed by atoms with E-state index < -0.39 is 11.7 Å². The Morgan fingerprint density at radius 1 is 1.35 bits per heavy atom. The van der Waals surface area contributed by atoms with Crippen molar-refractivity contribution in [3.05, 3.63) is 23.8 Å². The predicted octanol–water partition coefficient (Wildman–Crippen LogP) is 4.92. The van der Waals surface area contributed by atoms with Crippen molar-refractivity contribution in [3.8, 4) is 0 Å². The minimum atomic E-state index is -4.31. The number of hydrogen-bond donors (Lipinski definition) is 1. The number of nitrogens with zero attached hydrogens (tertiary/aromatic N) is 1. The van der Waals surface area contributed by atoms with E-state index in [2.05, 4.69) is 17.2 Å². The zero-order valence-electron chi connectivity index (χ0n) is 11.0. The maximum atomic E-state index is 12.6. The fourth-order valence-corrected chi connectivity index (χ4v) is 3.12. The van der Waals surface area contributed by atoms with E-state index in [1.807, 2.05) is 0 Å². The molecule has 0 radical (unpaired) electrons. The first-order chi connectivity index (χ1) is 9.42. The highest BCUT2D eigenvalue weighted by atomic mass is 32.1. The molecule has 0 spiro atoms. The molecule has 1 saturated carbocycles. The summed E-state index contributed by atoms with van der Waals surface area (Å²) < 4.78 is 38.7. The fraction of sp³-hybridized carbons (Fsp3) is 0.500. The lowest BCUT2D eigenvalue weighted by atomic mass is 10.0. The van der Waals surface area contributed by atoms with Crippen molar-refractivity contribution in [2.24, 2.45) is 5.41 Å². The quantitative estimate of drug-likeness (QED) is 0.867. The third-order valence-electron chi connectivity index (χ3n) is 4.04. The molecule has 1 heterocycles. The van der Waals surface area contributed by atoms with Gasteiger partial charge < -0.3 is 5.32 Å². The molecule has 1 aromatic carbocycles. The van der Waals surface area contributed by atoms with Crippen LogP contribution < -0.4 is 5.32 Å². The minimum Gasteiger partial charge on any atom is -0.361 e. The Balaban J connectivity index is 1.80. The molecule has 3 rings (SSSR count). The number of thiazole rings is 1. The second kappa shape index (κ2) is 4.62. The molecule has 1 N–H and O–H groups in total. The molecule has 1 aromatic heterocycles. The van der Waals surface area contributed by atoms with Gasteiger partial charge in [0.2, 0.25) is 0 Å². The summed E-state index contributed by atoms with van der Waals surface area (Å²) in [6.07, 6.45) is -0.742. The van der Waals surface area contributed by atoms with Crippen LogP contribution in [0.1, 0.15) is 31.7 Å². The molecule has 1 aliphatic rings. The Kier molecular flexibility index (Phi) is 3.16. The zero-order valence-corrected chi connectivity index (χ0v) is 11.9. The van der Waals surface area contributed by atoms with Gasteiger partial charge in [0.1, 0.15) is 0 Å². The van der Waals surface area contributed by atoms with Gasteiger partial charge in [-0.15, -0.1) is 0 Å². The van der Waals surface area contributed by atoms with Gasteiger partial charge in [-0.2, -0.15) is 13.2 Å². The van der Waals surface area contributed by atoms with Crippen LogP contribution >= 0.6 is 11.3 Å². The lowest BCUT2D eigenvalue weighted by molar-refractivity contribution is -0.137. The Labute approximate surface area is 119 Å². The maximum absolute atomic E-state index is 12.6. The molecule has 1 aliphatic carbocycles. The number of rotatable bonds is 4. The molecule has 0 atom stereocenters. The van der Waals surface area contributed by atoms with Gasteiger partial charge >= 0.3 is 6.18 Å². The summed E-state index contributed by atoms with van der Waals surface area (Å²) >= 11 is 1.41. The van der Waals surface area contributed by atoms with Crippen LogP contribution in [-0.4, -0.2) is 11.5 Å². The van der Waals surface area contributed by atoms with Crippen molar-refractivity contribution in [3.63, 3.8) is 0 Å². The first-order valence-corrected chi connectivity index (χ1v) is 7.45. The van der Waals surface area contributed by atoms with Crippen LogP contribution in [0.2, 0.25) is 0 Å². The summed E-state index contributed by atoms with van der Waals surface area (Å²) in [7, 11) is 0. The summed E-state index contributed by atoms with van der Waals surface area (Å²) in [5.74, 6) is 0. The molecule has 0 aliphatic heterocycles. The van der Waals surface area contributed by atoms with Gasteiger partial charge in [0, 0.05) is 6.54 Å². The van der Waals surface area contributed by atoms with Crippen LogP contribution in [0.3, 0.4) is 0 Å². The van der Waals surface area contributed by atoms with Crippen LogP contribution in [0.15, 0.2) is 18.2 Å². The van der Waals surface area contributed by atoms with Crippen molar-refractivity contribution in [2.45, 2.75) is 32.4 Å². The normalized spacial score (nSPS) is 17.4. The molecule has 1 fully saturated rings. The van der Waals surface area contributed by atoms with Gasteiger partial charge in [0.15, 0.2) is 5.13 Å². The zero-order chi connectivity index (χ0) is 14.4. The van der Waals surface area contributed by atoms with Gasteiger partial charge in [0.05, 0.1) is 15.8 Å². The second-order valence-corrected chi connectivity index (χ2v) is 6.44. The Bertz CT molecular complexity index is 629. The van der Waals surface area contributed by atoms with E-state index in [4.69, 9.17) is 0 Å². The molecule has 0 saturated heterocycles. The molecule has 20 heavy (non-hydrogen) atoms. The van der Waals surface area contributed by atoms with Gasteiger partial charge in [-0.3, -0.25) is 0 Å². The summed E-state index contributed by atoms with van der Waals surface area (Å²) in [6, 6.07) is 3.72. The van der Waals surface area contributed by atoms with Gasteiger partial charge in [-0.05, 0) is 42.9 Å². The number of fused-ring (bicyclic) bond motifs is 1.